The van der Waals surface area contributed by atoms with E-state index in [1.54, 1.807) is 7.05 Å². The van der Waals surface area contributed by atoms with Crippen molar-refractivity contribution < 1.29 is 14.7 Å². The number of imide groups is 1. The van der Waals surface area contributed by atoms with Crippen LogP contribution in [0.2, 0.25) is 0 Å². The van der Waals surface area contributed by atoms with Gasteiger partial charge in [-0.2, -0.15) is 0 Å². The molecule has 1 aromatic carbocycles. The van der Waals surface area contributed by atoms with Gasteiger partial charge < -0.3 is 10.0 Å². The second-order valence-electron chi connectivity index (χ2n) is 6.76. The average Bonchev–Trinajstić information content (AvgIpc) is 2.80. The number of amides is 2. The number of aliphatic hydroxyl groups is 1. The van der Waals surface area contributed by atoms with Gasteiger partial charge in [0.2, 0.25) is 0 Å². The number of aliphatic hydroxyl groups excluding tert-OH is 1. The maximum absolute atomic E-state index is 12.8. The van der Waals surface area contributed by atoms with E-state index in [0.29, 0.717) is 30.9 Å². The molecule has 0 spiro atoms. The van der Waals surface area contributed by atoms with Gasteiger partial charge in [-0.15, -0.1) is 0 Å². The van der Waals surface area contributed by atoms with Crippen molar-refractivity contribution in [3.8, 4) is 0 Å². The van der Waals surface area contributed by atoms with Crippen molar-refractivity contribution in [1.29, 1.82) is 0 Å². The fraction of sp³-hybridized carbons (Fsp3) is 0.474. The molecule has 2 heterocycles. The summed E-state index contributed by atoms with van der Waals surface area (Å²) in [5, 5.41) is 9.08. The summed E-state index contributed by atoms with van der Waals surface area (Å²) in [6.45, 7) is 7.67. The van der Waals surface area contributed by atoms with Gasteiger partial charge in [-0.25, -0.2) is 0 Å². The predicted molar refractivity (Wildman–Crippen MR) is 95.7 cm³/mol. The molecule has 1 saturated heterocycles. The van der Waals surface area contributed by atoms with Crippen molar-refractivity contribution in [2.75, 3.05) is 46.4 Å². The molecule has 0 aromatic heterocycles. The first kappa shape index (κ1) is 17.6. The van der Waals surface area contributed by atoms with Crippen molar-refractivity contribution in [1.82, 2.24) is 14.7 Å². The highest BCUT2D eigenvalue weighted by Crippen LogP contribution is 2.33. The van der Waals surface area contributed by atoms with E-state index < -0.39 is 0 Å². The van der Waals surface area contributed by atoms with E-state index in [-0.39, 0.29) is 18.4 Å². The third kappa shape index (κ3) is 3.19. The highest BCUT2D eigenvalue weighted by atomic mass is 16.3. The Kier molecular flexibility index (Phi) is 4.92. The van der Waals surface area contributed by atoms with Gasteiger partial charge in [0.25, 0.3) is 11.8 Å². The molecule has 2 aliphatic rings. The lowest BCUT2D eigenvalue weighted by atomic mass is 9.97. The van der Waals surface area contributed by atoms with Crippen LogP contribution >= 0.6 is 0 Å². The Morgan fingerprint density at radius 3 is 2.32 bits per heavy atom. The first-order valence-electron chi connectivity index (χ1n) is 8.66. The number of carbonyl (C=O) groups is 2. The molecule has 6 heteroatoms. The SMILES string of the molecule is Cc1ccc(C2=C(N3CCN(CCO)CC3)C(=O)N(C)C2=O)c(C)c1. The zero-order valence-electron chi connectivity index (χ0n) is 15.1. The lowest BCUT2D eigenvalue weighted by molar-refractivity contribution is -0.136. The van der Waals surface area contributed by atoms with E-state index in [0.717, 1.165) is 29.8 Å². The normalized spacial score (nSPS) is 19.4. The molecule has 0 atom stereocenters. The predicted octanol–water partition coefficient (Wildman–Crippen LogP) is 0.623. The van der Waals surface area contributed by atoms with Crippen LogP contribution in [-0.2, 0) is 9.59 Å². The number of hydrogen-bond donors (Lipinski definition) is 1. The summed E-state index contributed by atoms with van der Waals surface area (Å²) in [5.41, 5.74) is 4.00. The van der Waals surface area contributed by atoms with Crippen molar-refractivity contribution in [3.05, 3.63) is 40.6 Å². The molecule has 1 fully saturated rings. The number of piperazine rings is 1. The van der Waals surface area contributed by atoms with E-state index in [1.807, 2.05) is 36.9 Å². The quantitative estimate of drug-likeness (QED) is 0.812. The van der Waals surface area contributed by atoms with Crippen LogP contribution in [0.5, 0.6) is 0 Å². The average molecular weight is 343 g/mol. The smallest absolute Gasteiger partial charge is 0.277 e. The number of nitrogens with zero attached hydrogens (tertiary/aromatic N) is 3. The summed E-state index contributed by atoms with van der Waals surface area (Å²) >= 11 is 0. The number of rotatable bonds is 4. The molecule has 0 bridgehead atoms. The Balaban J connectivity index is 1.98. The lowest BCUT2D eigenvalue weighted by Gasteiger charge is -2.36. The Bertz CT molecular complexity index is 733. The Labute approximate surface area is 148 Å². The van der Waals surface area contributed by atoms with E-state index in [1.165, 1.54) is 4.90 Å². The van der Waals surface area contributed by atoms with Crippen LogP contribution in [0, 0.1) is 13.8 Å². The van der Waals surface area contributed by atoms with Crippen molar-refractivity contribution in [3.63, 3.8) is 0 Å². The van der Waals surface area contributed by atoms with Crippen molar-refractivity contribution in [2.45, 2.75) is 13.8 Å². The first-order chi connectivity index (χ1) is 11.9. The van der Waals surface area contributed by atoms with Gasteiger partial charge >= 0.3 is 0 Å². The minimum Gasteiger partial charge on any atom is -0.395 e. The Morgan fingerprint density at radius 2 is 1.72 bits per heavy atom. The third-order valence-corrected chi connectivity index (χ3v) is 5.02. The van der Waals surface area contributed by atoms with E-state index in [2.05, 4.69) is 4.90 Å². The fourth-order valence-corrected chi connectivity index (χ4v) is 3.59. The number of benzene rings is 1. The standard InChI is InChI=1S/C19H25N3O3/c1-13-4-5-15(14(2)12-13)16-17(19(25)20(3)18(16)24)22-8-6-21(7-9-22)10-11-23/h4-5,12,23H,6-11H2,1-3H3. The molecule has 0 aliphatic carbocycles. The maximum atomic E-state index is 12.8. The zero-order valence-corrected chi connectivity index (χ0v) is 15.1. The molecule has 2 amide bonds. The molecule has 1 N–H and O–H groups in total. The largest absolute Gasteiger partial charge is 0.395 e. The lowest BCUT2D eigenvalue weighted by Crippen LogP contribution is -2.48. The summed E-state index contributed by atoms with van der Waals surface area (Å²) < 4.78 is 0. The van der Waals surface area contributed by atoms with Gasteiger partial charge in [0.1, 0.15) is 5.70 Å². The van der Waals surface area contributed by atoms with Gasteiger partial charge in [-0.3, -0.25) is 19.4 Å². The Hall–Kier alpha value is -2.18. The second-order valence-corrected chi connectivity index (χ2v) is 6.76. The van der Waals surface area contributed by atoms with Crippen LogP contribution in [0.1, 0.15) is 16.7 Å². The summed E-state index contributed by atoms with van der Waals surface area (Å²) in [7, 11) is 1.54. The van der Waals surface area contributed by atoms with Crippen LogP contribution < -0.4 is 0 Å². The zero-order chi connectivity index (χ0) is 18.1. The van der Waals surface area contributed by atoms with Gasteiger partial charge in [0, 0.05) is 39.8 Å². The Morgan fingerprint density at radius 1 is 1.04 bits per heavy atom. The number of carbonyl (C=O) groups excluding carboxylic acids is 2. The molecule has 0 saturated carbocycles. The summed E-state index contributed by atoms with van der Waals surface area (Å²) in [5.74, 6) is -0.458. The third-order valence-electron chi connectivity index (χ3n) is 5.02. The minimum atomic E-state index is -0.232. The molecule has 134 valence electrons. The van der Waals surface area contributed by atoms with Crippen LogP contribution in [0.25, 0.3) is 5.57 Å². The van der Waals surface area contributed by atoms with Crippen molar-refractivity contribution >= 4 is 17.4 Å². The van der Waals surface area contributed by atoms with Gasteiger partial charge in [-0.05, 0) is 25.0 Å². The molecular formula is C19H25N3O3. The van der Waals surface area contributed by atoms with E-state index in [9.17, 15) is 9.59 Å². The van der Waals surface area contributed by atoms with Crippen LogP contribution in [0.4, 0.5) is 0 Å². The highest BCUT2D eigenvalue weighted by Gasteiger charge is 2.40. The number of aryl methyl sites for hydroxylation is 2. The maximum Gasteiger partial charge on any atom is 0.277 e. The first-order valence-corrected chi connectivity index (χ1v) is 8.66. The van der Waals surface area contributed by atoms with Gasteiger partial charge in [0.15, 0.2) is 0 Å². The van der Waals surface area contributed by atoms with Crippen molar-refractivity contribution in [2.24, 2.45) is 0 Å². The molecule has 3 rings (SSSR count). The molecule has 6 nitrogen and oxygen atoms in total. The summed E-state index contributed by atoms with van der Waals surface area (Å²) in [6, 6.07) is 5.95. The summed E-state index contributed by atoms with van der Waals surface area (Å²) in [6.07, 6.45) is 0. The molecule has 2 aliphatic heterocycles. The molecule has 0 unspecified atom stereocenters. The number of likely N-dealkylation sites (N-methyl/N-ethyl adjacent to an activating group) is 1. The number of hydrogen-bond acceptors (Lipinski definition) is 5. The summed E-state index contributed by atoms with van der Waals surface area (Å²) in [4.78, 5) is 30.9. The van der Waals surface area contributed by atoms with Gasteiger partial charge in [-0.1, -0.05) is 23.8 Å². The molecule has 1 aromatic rings. The van der Waals surface area contributed by atoms with Crippen LogP contribution in [-0.4, -0.2) is 78.0 Å². The number of β-amino-alcohol motifs (C(OH)–C–C–N with tert-alkyl or cyclic N) is 1. The molecule has 25 heavy (non-hydrogen) atoms. The van der Waals surface area contributed by atoms with Gasteiger partial charge in [0.05, 0.1) is 12.2 Å². The monoisotopic (exact) mass is 343 g/mol. The molecular weight excluding hydrogens is 318 g/mol. The van der Waals surface area contributed by atoms with Crippen LogP contribution in [0.15, 0.2) is 23.9 Å². The van der Waals surface area contributed by atoms with Crippen LogP contribution in [0.3, 0.4) is 0 Å². The highest BCUT2D eigenvalue weighted by molar-refractivity contribution is 6.35. The fourth-order valence-electron chi connectivity index (χ4n) is 3.59. The topological polar surface area (TPSA) is 64.1 Å². The second kappa shape index (κ2) is 6.98. The minimum absolute atomic E-state index is 0.136. The van der Waals surface area contributed by atoms with E-state index >= 15 is 0 Å². The van der Waals surface area contributed by atoms with E-state index in [4.69, 9.17) is 5.11 Å². The molecule has 0 radical (unpaired) electrons.